The van der Waals surface area contributed by atoms with Crippen molar-refractivity contribution in [3.63, 3.8) is 0 Å². The van der Waals surface area contributed by atoms with E-state index in [4.69, 9.17) is 14.2 Å². The predicted octanol–water partition coefficient (Wildman–Crippen LogP) is 15.8. The molecule has 0 aliphatic heterocycles. The Hall–Kier alpha value is -2.37. The van der Waals surface area contributed by atoms with Gasteiger partial charge in [-0.25, -0.2) is 14.4 Å². The van der Waals surface area contributed by atoms with E-state index in [-0.39, 0.29) is 13.2 Å². The van der Waals surface area contributed by atoms with Crippen LogP contribution in [0.15, 0.2) is 36.5 Å². The Morgan fingerprint density at radius 1 is 0.333 bits per heavy atom. The Bertz CT molecular complexity index is 917. The van der Waals surface area contributed by atoms with E-state index >= 15 is 0 Å². The lowest BCUT2D eigenvalue weighted by atomic mass is 10.1. The zero-order chi connectivity index (χ0) is 41.5. The second kappa shape index (κ2) is 46.3. The number of carbonyl (C=O) groups excluding carboxylic acids is 3. The highest BCUT2D eigenvalue weighted by atomic mass is 16.6. The van der Waals surface area contributed by atoms with Crippen molar-refractivity contribution < 1.29 is 28.6 Å². The van der Waals surface area contributed by atoms with Crippen molar-refractivity contribution >= 4 is 17.9 Å². The Kier molecular flexibility index (Phi) is 44.4. The molecule has 0 bridgehead atoms. The Balaban J connectivity index is 4.50. The van der Waals surface area contributed by atoms with Gasteiger partial charge in [0.25, 0.3) is 0 Å². The number of rotatable bonds is 44. The van der Waals surface area contributed by atoms with E-state index in [1.807, 2.05) is 18.2 Å². The zero-order valence-corrected chi connectivity index (χ0v) is 37.9. The maximum absolute atomic E-state index is 12.6. The van der Waals surface area contributed by atoms with Crippen LogP contribution in [0, 0.1) is 0 Å². The Labute approximate surface area is 353 Å². The van der Waals surface area contributed by atoms with Crippen LogP contribution in [0.5, 0.6) is 0 Å². The largest absolute Gasteiger partial charge is 0.458 e. The van der Waals surface area contributed by atoms with E-state index in [1.54, 1.807) is 0 Å². The molecular formula is C51H92O6. The van der Waals surface area contributed by atoms with Crippen LogP contribution in [-0.4, -0.2) is 37.2 Å². The molecule has 0 atom stereocenters. The molecule has 0 amide bonds. The average Bonchev–Trinajstić information content (AvgIpc) is 3.21. The highest BCUT2D eigenvalue weighted by molar-refractivity contribution is 5.83. The average molecular weight is 801 g/mol. The zero-order valence-electron chi connectivity index (χ0n) is 37.9. The van der Waals surface area contributed by atoms with Crippen LogP contribution < -0.4 is 0 Å². The Morgan fingerprint density at radius 2 is 0.561 bits per heavy atom. The first-order valence-corrected chi connectivity index (χ1v) is 24.6. The second-order valence-corrected chi connectivity index (χ2v) is 16.5. The van der Waals surface area contributed by atoms with Crippen LogP contribution in [0.25, 0.3) is 0 Å². The predicted molar refractivity (Wildman–Crippen MR) is 242 cm³/mol. The van der Waals surface area contributed by atoms with Crippen LogP contribution in [-0.2, 0) is 28.6 Å². The van der Waals surface area contributed by atoms with Gasteiger partial charge >= 0.3 is 17.9 Å². The summed E-state index contributed by atoms with van der Waals surface area (Å²) in [6, 6.07) is 0. The van der Waals surface area contributed by atoms with E-state index in [2.05, 4.69) is 20.8 Å². The fourth-order valence-corrected chi connectivity index (χ4v) is 7.08. The van der Waals surface area contributed by atoms with Crippen molar-refractivity contribution in [2.45, 2.75) is 258 Å². The SMILES string of the molecule is CCCCCCCCCCCCC/C=C/C(=O)OCC(COC(=O)/C=C/CCCCCCCCCCCCC)OC(=O)/C=C/CCCCCCCCCCCCC. The van der Waals surface area contributed by atoms with E-state index in [0.717, 1.165) is 44.9 Å². The van der Waals surface area contributed by atoms with E-state index in [0.29, 0.717) is 0 Å². The minimum absolute atomic E-state index is 0.171. The molecular weight excluding hydrogens is 709 g/mol. The number of hydrogen-bond acceptors (Lipinski definition) is 6. The van der Waals surface area contributed by atoms with Gasteiger partial charge in [-0.3, -0.25) is 0 Å². The third kappa shape index (κ3) is 44.6. The molecule has 0 aromatic carbocycles. The van der Waals surface area contributed by atoms with Crippen molar-refractivity contribution in [3.05, 3.63) is 36.5 Å². The molecule has 0 saturated heterocycles. The molecule has 0 fully saturated rings. The number of esters is 3. The van der Waals surface area contributed by atoms with Gasteiger partial charge in [0, 0.05) is 18.2 Å². The van der Waals surface area contributed by atoms with Gasteiger partial charge in [0.05, 0.1) is 0 Å². The third-order valence-electron chi connectivity index (χ3n) is 10.8. The molecule has 0 rings (SSSR count). The summed E-state index contributed by atoms with van der Waals surface area (Å²) in [4.78, 5) is 37.5. The molecule has 0 saturated carbocycles. The molecule has 0 aromatic heterocycles. The highest BCUT2D eigenvalue weighted by Gasteiger charge is 2.17. The molecule has 0 aromatic rings. The van der Waals surface area contributed by atoms with Crippen LogP contribution in [0.1, 0.15) is 252 Å². The minimum Gasteiger partial charge on any atom is -0.458 e. The van der Waals surface area contributed by atoms with E-state index in [9.17, 15) is 14.4 Å². The minimum atomic E-state index is -0.878. The fraction of sp³-hybridized carbons (Fsp3) is 0.824. The van der Waals surface area contributed by atoms with Gasteiger partial charge in [-0.05, 0) is 38.5 Å². The molecule has 0 aliphatic carbocycles. The lowest BCUT2D eigenvalue weighted by Crippen LogP contribution is -2.30. The van der Waals surface area contributed by atoms with Gasteiger partial charge in [0.15, 0.2) is 6.10 Å². The second-order valence-electron chi connectivity index (χ2n) is 16.5. The van der Waals surface area contributed by atoms with Gasteiger partial charge in [0.1, 0.15) is 13.2 Å². The summed E-state index contributed by atoms with van der Waals surface area (Å²) in [6.45, 7) is 6.43. The highest BCUT2D eigenvalue weighted by Crippen LogP contribution is 2.15. The summed E-state index contributed by atoms with van der Waals surface area (Å²) in [7, 11) is 0. The molecule has 0 unspecified atom stereocenters. The van der Waals surface area contributed by atoms with Gasteiger partial charge in [-0.2, -0.15) is 0 Å². The maximum atomic E-state index is 12.6. The fourth-order valence-electron chi connectivity index (χ4n) is 7.08. The number of allylic oxidation sites excluding steroid dienone is 3. The summed E-state index contributed by atoms with van der Waals surface area (Å²) in [5.41, 5.74) is 0. The molecule has 0 spiro atoms. The first-order valence-electron chi connectivity index (χ1n) is 24.6. The van der Waals surface area contributed by atoms with E-state index in [1.165, 1.54) is 204 Å². The van der Waals surface area contributed by atoms with Crippen molar-refractivity contribution in [1.29, 1.82) is 0 Å². The molecule has 332 valence electrons. The van der Waals surface area contributed by atoms with Crippen molar-refractivity contribution in [2.75, 3.05) is 13.2 Å². The van der Waals surface area contributed by atoms with Gasteiger partial charge in [-0.15, -0.1) is 0 Å². The van der Waals surface area contributed by atoms with Crippen LogP contribution in [0.4, 0.5) is 0 Å². The first-order chi connectivity index (χ1) is 28.0. The topological polar surface area (TPSA) is 78.9 Å². The maximum Gasteiger partial charge on any atom is 0.330 e. The smallest absolute Gasteiger partial charge is 0.330 e. The summed E-state index contributed by atoms with van der Waals surface area (Å²) >= 11 is 0. The van der Waals surface area contributed by atoms with Crippen molar-refractivity contribution in [1.82, 2.24) is 0 Å². The van der Waals surface area contributed by atoms with E-state index < -0.39 is 24.0 Å². The monoisotopic (exact) mass is 801 g/mol. The Morgan fingerprint density at radius 3 is 0.825 bits per heavy atom. The number of hydrogen-bond donors (Lipinski definition) is 0. The quantitative estimate of drug-likeness (QED) is 0.0264. The molecule has 6 heteroatoms. The molecule has 0 radical (unpaired) electrons. The lowest BCUT2D eigenvalue weighted by molar-refractivity contribution is -0.160. The summed E-state index contributed by atoms with van der Waals surface area (Å²) < 4.78 is 16.4. The van der Waals surface area contributed by atoms with Crippen LogP contribution >= 0.6 is 0 Å². The van der Waals surface area contributed by atoms with Gasteiger partial charge < -0.3 is 14.2 Å². The summed E-state index contributed by atoms with van der Waals surface area (Å²) in [5, 5.41) is 0. The molecule has 57 heavy (non-hydrogen) atoms. The molecule has 0 heterocycles. The lowest BCUT2D eigenvalue weighted by Gasteiger charge is -2.16. The first kappa shape index (κ1) is 54.6. The molecule has 0 aliphatic rings. The molecule has 6 nitrogen and oxygen atoms in total. The standard InChI is InChI=1S/C51H92O6/c1-4-7-10-13-16-19-22-25-28-31-34-37-40-43-49(52)55-46-48(57-51(54)45-42-39-36-33-30-27-24-21-18-15-12-9-6-3)47-56-50(53)44-41-38-35-32-29-26-23-20-17-14-11-8-5-2/h40-45,48H,4-39,46-47H2,1-3H3/b43-40+,44-41+,45-42+. The number of carbonyl (C=O) groups is 3. The number of ether oxygens (including phenoxy) is 3. The summed E-state index contributed by atoms with van der Waals surface area (Å²) in [6.07, 6.45) is 53.9. The normalized spacial score (nSPS) is 11.8. The van der Waals surface area contributed by atoms with Crippen molar-refractivity contribution in [3.8, 4) is 0 Å². The van der Waals surface area contributed by atoms with Crippen LogP contribution in [0.3, 0.4) is 0 Å². The molecule has 0 N–H and O–H groups in total. The van der Waals surface area contributed by atoms with Crippen molar-refractivity contribution in [2.24, 2.45) is 0 Å². The van der Waals surface area contributed by atoms with Crippen LogP contribution in [0.2, 0.25) is 0 Å². The number of unbranched alkanes of at least 4 members (excludes halogenated alkanes) is 33. The van der Waals surface area contributed by atoms with Gasteiger partial charge in [0.2, 0.25) is 0 Å². The third-order valence-corrected chi connectivity index (χ3v) is 10.8. The van der Waals surface area contributed by atoms with Gasteiger partial charge in [-0.1, -0.05) is 232 Å². The summed E-state index contributed by atoms with van der Waals surface area (Å²) in [5.74, 6) is -1.48.